The molecule has 0 radical (unpaired) electrons. The summed E-state index contributed by atoms with van der Waals surface area (Å²) in [6.07, 6.45) is 0.731. The van der Waals surface area contributed by atoms with Crippen LogP contribution in [0.2, 0.25) is 0 Å². The molecule has 0 aromatic heterocycles. The average Bonchev–Trinajstić information content (AvgIpc) is 2.43. The molecule has 4 nitrogen and oxygen atoms in total. The molecule has 122 valence electrons. The van der Waals surface area contributed by atoms with Crippen molar-refractivity contribution in [1.29, 1.82) is 0 Å². The first-order valence-electron chi connectivity index (χ1n) is 7.34. The maximum Gasteiger partial charge on any atom is 0.254 e. The molecular weight excluding hydrogens is 290 g/mol. The Morgan fingerprint density at radius 3 is 2.45 bits per heavy atom. The smallest absolute Gasteiger partial charge is 0.254 e. The molecule has 1 rings (SSSR count). The van der Waals surface area contributed by atoms with Gasteiger partial charge in [-0.05, 0) is 31.4 Å². The molecule has 1 aromatic rings. The van der Waals surface area contributed by atoms with E-state index in [1.54, 1.807) is 0 Å². The summed E-state index contributed by atoms with van der Waals surface area (Å²) in [5.74, 6) is -1.98. The molecule has 6 heteroatoms. The van der Waals surface area contributed by atoms with Crippen LogP contribution in [0, 0.1) is 17.6 Å². The average molecular weight is 312 g/mol. The number of rotatable bonds is 7. The number of carbonyl (C=O) groups is 2. The fourth-order valence-electron chi connectivity index (χ4n) is 1.71. The fourth-order valence-corrected chi connectivity index (χ4v) is 1.71. The van der Waals surface area contributed by atoms with Gasteiger partial charge in [-0.1, -0.05) is 13.8 Å². The van der Waals surface area contributed by atoms with Crippen LogP contribution < -0.4 is 10.6 Å². The number of benzene rings is 1. The molecule has 0 aliphatic carbocycles. The Kier molecular flexibility index (Phi) is 6.95. The highest BCUT2D eigenvalue weighted by Gasteiger charge is 2.13. The molecule has 0 heterocycles. The van der Waals surface area contributed by atoms with Crippen LogP contribution in [0.25, 0.3) is 0 Å². The summed E-state index contributed by atoms with van der Waals surface area (Å²) in [7, 11) is 0. The molecule has 0 saturated heterocycles. The van der Waals surface area contributed by atoms with Crippen molar-refractivity contribution in [2.24, 2.45) is 5.92 Å². The molecule has 0 aliphatic heterocycles. The normalized spacial score (nSPS) is 12.1. The molecule has 0 fully saturated rings. The quantitative estimate of drug-likeness (QED) is 0.760. The van der Waals surface area contributed by atoms with Crippen LogP contribution in [0.15, 0.2) is 18.2 Å². The van der Waals surface area contributed by atoms with E-state index in [0.717, 1.165) is 12.1 Å². The molecule has 0 bridgehead atoms. The van der Waals surface area contributed by atoms with Crippen molar-refractivity contribution in [3.05, 3.63) is 35.4 Å². The number of hydrogen-bond acceptors (Lipinski definition) is 2. The van der Waals surface area contributed by atoms with E-state index in [-0.39, 0.29) is 30.5 Å². The van der Waals surface area contributed by atoms with Crippen molar-refractivity contribution in [3.8, 4) is 0 Å². The second-order valence-electron chi connectivity index (χ2n) is 5.58. The zero-order valence-electron chi connectivity index (χ0n) is 13.1. The number of nitrogens with one attached hydrogen (secondary N) is 2. The first-order chi connectivity index (χ1) is 10.3. The Morgan fingerprint density at radius 2 is 1.86 bits per heavy atom. The molecule has 2 amide bonds. The maximum atomic E-state index is 13.4. The third-order valence-corrected chi connectivity index (χ3v) is 3.43. The molecule has 22 heavy (non-hydrogen) atoms. The van der Waals surface area contributed by atoms with Crippen molar-refractivity contribution < 1.29 is 18.4 Å². The van der Waals surface area contributed by atoms with Crippen LogP contribution in [-0.4, -0.2) is 24.4 Å². The van der Waals surface area contributed by atoms with Crippen molar-refractivity contribution >= 4 is 11.8 Å². The summed E-state index contributed by atoms with van der Waals surface area (Å²) in [5.41, 5.74) is -0.209. The minimum absolute atomic E-state index is 0.0802. The largest absolute Gasteiger partial charge is 0.353 e. The summed E-state index contributed by atoms with van der Waals surface area (Å²) in [5, 5.41) is 5.37. The third-order valence-electron chi connectivity index (χ3n) is 3.43. The maximum absolute atomic E-state index is 13.4. The lowest BCUT2D eigenvalue weighted by molar-refractivity contribution is -0.122. The minimum atomic E-state index is -0.902. The lowest BCUT2D eigenvalue weighted by Crippen LogP contribution is -2.36. The third kappa shape index (κ3) is 5.79. The zero-order chi connectivity index (χ0) is 16.7. The Labute approximate surface area is 129 Å². The minimum Gasteiger partial charge on any atom is -0.353 e. The van der Waals surface area contributed by atoms with Gasteiger partial charge in [0, 0.05) is 25.1 Å². The van der Waals surface area contributed by atoms with E-state index in [4.69, 9.17) is 0 Å². The first kappa shape index (κ1) is 18.1. The predicted molar refractivity (Wildman–Crippen MR) is 80.4 cm³/mol. The number of halogens is 2. The van der Waals surface area contributed by atoms with Crippen LogP contribution in [0.4, 0.5) is 8.78 Å². The van der Waals surface area contributed by atoms with Crippen LogP contribution in [0.3, 0.4) is 0 Å². The van der Waals surface area contributed by atoms with Crippen molar-refractivity contribution in [3.63, 3.8) is 0 Å². The Hall–Kier alpha value is -1.98. The van der Waals surface area contributed by atoms with Gasteiger partial charge in [-0.15, -0.1) is 0 Å². The second-order valence-corrected chi connectivity index (χ2v) is 5.58. The second kappa shape index (κ2) is 8.46. The summed E-state index contributed by atoms with van der Waals surface area (Å²) >= 11 is 0. The van der Waals surface area contributed by atoms with E-state index in [9.17, 15) is 18.4 Å². The number of hydrogen-bond donors (Lipinski definition) is 2. The lowest BCUT2D eigenvalue weighted by atomic mass is 10.1. The van der Waals surface area contributed by atoms with Gasteiger partial charge in [0.2, 0.25) is 5.91 Å². The van der Waals surface area contributed by atoms with Crippen molar-refractivity contribution in [1.82, 2.24) is 10.6 Å². The van der Waals surface area contributed by atoms with Crippen LogP contribution in [0.5, 0.6) is 0 Å². The Morgan fingerprint density at radius 1 is 1.18 bits per heavy atom. The van der Waals surface area contributed by atoms with E-state index in [1.807, 2.05) is 20.8 Å². The van der Waals surface area contributed by atoms with Gasteiger partial charge in [0.25, 0.3) is 5.91 Å². The summed E-state index contributed by atoms with van der Waals surface area (Å²) < 4.78 is 26.1. The molecule has 0 saturated carbocycles. The van der Waals surface area contributed by atoms with E-state index in [1.165, 1.54) is 0 Å². The van der Waals surface area contributed by atoms with Crippen molar-refractivity contribution in [2.75, 3.05) is 6.54 Å². The van der Waals surface area contributed by atoms with Gasteiger partial charge in [0.15, 0.2) is 0 Å². The van der Waals surface area contributed by atoms with Crippen LogP contribution in [-0.2, 0) is 4.79 Å². The SMILES string of the molecule is CC(C)[C@@H](C)NC(=O)CCCNC(=O)c1ccc(F)cc1F. The van der Waals surface area contributed by atoms with Gasteiger partial charge in [0.05, 0.1) is 5.56 Å². The van der Waals surface area contributed by atoms with Gasteiger partial charge >= 0.3 is 0 Å². The highest BCUT2D eigenvalue weighted by atomic mass is 19.1. The van der Waals surface area contributed by atoms with Gasteiger partial charge < -0.3 is 10.6 Å². The molecule has 0 unspecified atom stereocenters. The Bertz CT molecular complexity index is 533. The summed E-state index contributed by atoms with van der Waals surface area (Å²) in [6, 6.07) is 2.88. The van der Waals surface area contributed by atoms with Gasteiger partial charge in [-0.25, -0.2) is 8.78 Å². The van der Waals surface area contributed by atoms with Crippen LogP contribution >= 0.6 is 0 Å². The highest BCUT2D eigenvalue weighted by molar-refractivity contribution is 5.94. The Balaban J connectivity index is 2.32. The monoisotopic (exact) mass is 312 g/mol. The molecule has 0 aliphatic rings. The van der Waals surface area contributed by atoms with Crippen molar-refractivity contribution in [2.45, 2.75) is 39.7 Å². The summed E-state index contributed by atoms with van der Waals surface area (Å²) in [4.78, 5) is 23.4. The molecule has 2 N–H and O–H groups in total. The lowest BCUT2D eigenvalue weighted by Gasteiger charge is -2.17. The topological polar surface area (TPSA) is 58.2 Å². The van der Waals surface area contributed by atoms with Gasteiger partial charge in [0.1, 0.15) is 11.6 Å². The standard InChI is InChI=1S/C16H22F2N2O2/c1-10(2)11(3)20-15(21)5-4-8-19-16(22)13-7-6-12(17)9-14(13)18/h6-7,9-11H,4-5,8H2,1-3H3,(H,19,22)(H,20,21)/t11-/m1/s1. The first-order valence-corrected chi connectivity index (χ1v) is 7.34. The molecule has 0 spiro atoms. The van der Waals surface area contributed by atoms with Gasteiger partial charge in [-0.3, -0.25) is 9.59 Å². The zero-order valence-corrected chi connectivity index (χ0v) is 13.1. The van der Waals surface area contributed by atoms with E-state index < -0.39 is 17.5 Å². The molecular formula is C16H22F2N2O2. The van der Waals surface area contributed by atoms with E-state index >= 15 is 0 Å². The number of amides is 2. The van der Waals surface area contributed by atoms with Crippen LogP contribution in [0.1, 0.15) is 44.0 Å². The predicted octanol–water partition coefficient (Wildman–Crippen LogP) is 2.64. The highest BCUT2D eigenvalue weighted by Crippen LogP contribution is 2.09. The summed E-state index contributed by atoms with van der Waals surface area (Å²) in [6.45, 7) is 6.21. The van der Waals surface area contributed by atoms with E-state index in [0.29, 0.717) is 18.4 Å². The van der Waals surface area contributed by atoms with E-state index in [2.05, 4.69) is 10.6 Å². The fraction of sp³-hybridized carbons (Fsp3) is 0.500. The molecule has 1 aromatic carbocycles. The van der Waals surface area contributed by atoms with Gasteiger partial charge in [-0.2, -0.15) is 0 Å². The molecule has 1 atom stereocenters. The number of carbonyl (C=O) groups excluding carboxylic acids is 2.